The zero-order valence-corrected chi connectivity index (χ0v) is 12.7. The van der Waals surface area contributed by atoms with E-state index in [4.69, 9.17) is 0 Å². The average molecular weight is 281 g/mol. The summed E-state index contributed by atoms with van der Waals surface area (Å²) in [4.78, 5) is 0. The molecule has 3 unspecified atom stereocenters. The van der Waals surface area contributed by atoms with Crippen LogP contribution < -0.4 is 5.32 Å². The van der Waals surface area contributed by atoms with E-state index in [1.54, 1.807) is 0 Å². The summed E-state index contributed by atoms with van der Waals surface area (Å²) in [5.41, 5.74) is 5.08. The van der Waals surface area contributed by atoms with Gasteiger partial charge in [-0.05, 0) is 30.0 Å². The molecule has 2 aromatic rings. The molecule has 3 atom stereocenters. The zero-order chi connectivity index (χ0) is 14.8. The van der Waals surface area contributed by atoms with Gasteiger partial charge in [0, 0.05) is 12.5 Å². The van der Waals surface area contributed by atoms with Gasteiger partial charge in [0.15, 0.2) is 0 Å². The molecule has 2 N–H and O–H groups in total. The van der Waals surface area contributed by atoms with Gasteiger partial charge >= 0.3 is 0 Å². The first-order valence-corrected chi connectivity index (χ1v) is 7.77. The summed E-state index contributed by atoms with van der Waals surface area (Å²) in [5.74, 6) is 0. The minimum absolute atomic E-state index is 0.0347. The molecule has 0 heterocycles. The van der Waals surface area contributed by atoms with E-state index in [1.165, 1.54) is 22.3 Å². The van der Waals surface area contributed by atoms with E-state index in [0.29, 0.717) is 0 Å². The van der Waals surface area contributed by atoms with Gasteiger partial charge in [-0.2, -0.15) is 0 Å². The number of rotatable bonds is 4. The SMILES string of the molecule is CCC(NC1c2ccccc2CC1O)c1ccc(C)cc1. The van der Waals surface area contributed by atoms with E-state index < -0.39 is 0 Å². The third kappa shape index (κ3) is 2.87. The fourth-order valence-corrected chi connectivity index (χ4v) is 3.24. The van der Waals surface area contributed by atoms with Crippen LogP contribution in [0.4, 0.5) is 0 Å². The lowest BCUT2D eigenvalue weighted by molar-refractivity contribution is 0.134. The molecule has 21 heavy (non-hydrogen) atoms. The van der Waals surface area contributed by atoms with Crippen LogP contribution in [0.1, 0.15) is 47.7 Å². The fourth-order valence-electron chi connectivity index (χ4n) is 3.24. The van der Waals surface area contributed by atoms with Crippen LogP contribution in [-0.2, 0) is 6.42 Å². The molecule has 2 aromatic carbocycles. The summed E-state index contributed by atoms with van der Waals surface area (Å²) in [6.45, 7) is 4.29. The number of aliphatic hydroxyl groups excluding tert-OH is 1. The summed E-state index contributed by atoms with van der Waals surface area (Å²) in [6.07, 6.45) is 1.42. The normalized spacial score (nSPS) is 22.0. The van der Waals surface area contributed by atoms with Crippen LogP contribution in [-0.4, -0.2) is 11.2 Å². The first-order valence-electron chi connectivity index (χ1n) is 7.77. The largest absolute Gasteiger partial charge is 0.391 e. The Bertz CT molecular complexity index is 605. The highest BCUT2D eigenvalue weighted by molar-refractivity contribution is 5.37. The van der Waals surface area contributed by atoms with Crippen molar-refractivity contribution in [1.29, 1.82) is 0 Å². The molecule has 0 spiro atoms. The third-order valence-electron chi connectivity index (χ3n) is 4.47. The van der Waals surface area contributed by atoms with Crippen molar-refractivity contribution in [2.45, 2.75) is 44.9 Å². The Labute approximate surface area is 126 Å². The minimum atomic E-state index is -0.332. The molecule has 0 aliphatic heterocycles. The molecule has 0 fully saturated rings. The highest BCUT2D eigenvalue weighted by Crippen LogP contribution is 2.34. The number of aliphatic hydroxyl groups is 1. The lowest BCUT2D eigenvalue weighted by Gasteiger charge is -2.25. The van der Waals surface area contributed by atoms with E-state index in [1.807, 2.05) is 6.07 Å². The Balaban J connectivity index is 1.82. The van der Waals surface area contributed by atoms with E-state index in [-0.39, 0.29) is 18.2 Å². The second kappa shape index (κ2) is 6.00. The molecule has 1 aliphatic carbocycles. The molecule has 2 nitrogen and oxygen atoms in total. The molecule has 0 aromatic heterocycles. The van der Waals surface area contributed by atoms with Gasteiger partial charge < -0.3 is 10.4 Å². The Hall–Kier alpha value is -1.64. The highest BCUT2D eigenvalue weighted by atomic mass is 16.3. The predicted molar refractivity (Wildman–Crippen MR) is 86.2 cm³/mol. The maximum atomic E-state index is 10.4. The van der Waals surface area contributed by atoms with Crippen LogP contribution in [0.5, 0.6) is 0 Å². The highest BCUT2D eigenvalue weighted by Gasteiger charge is 2.32. The molecule has 0 saturated heterocycles. The maximum Gasteiger partial charge on any atom is 0.0775 e. The van der Waals surface area contributed by atoms with Crippen molar-refractivity contribution in [2.75, 3.05) is 0 Å². The lowest BCUT2D eigenvalue weighted by Crippen LogP contribution is -2.32. The Morgan fingerprint density at radius 1 is 1.14 bits per heavy atom. The summed E-state index contributed by atoms with van der Waals surface area (Å²) in [5, 5.41) is 14.0. The standard InChI is InChI=1S/C19H23NO/c1-3-17(14-10-8-13(2)9-11-14)20-19-16-7-5-4-6-15(16)12-18(19)21/h4-11,17-21H,3,12H2,1-2H3. The quantitative estimate of drug-likeness (QED) is 0.895. The van der Waals surface area contributed by atoms with Crippen LogP contribution in [0.15, 0.2) is 48.5 Å². The van der Waals surface area contributed by atoms with Gasteiger partial charge in [0.2, 0.25) is 0 Å². The smallest absolute Gasteiger partial charge is 0.0775 e. The Morgan fingerprint density at radius 3 is 2.57 bits per heavy atom. The van der Waals surface area contributed by atoms with Crippen molar-refractivity contribution in [1.82, 2.24) is 5.32 Å². The third-order valence-corrected chi connectivity index (χ3v) is 4.47. The average Bonchev–Trinajstić information content (AvgIpc) is 2.81. The van der Waals surface area contributed by atoms with E-state index in [9.17, 15) is 5.11 Å². The second-order valence-corrected chi connectivity index (χ2v) is 5.99. The maximum absolute atomic E-state index is 10.4. The summed E-state index contributed by atoms with van der Waals surface area (Å²) < 4.78 is 0. The molecule has 2 heteroatoms. The van der Waals surface area contributed by atoms with Crippen LogP contribution in [0.25, 0.3) is 0 Å². The summed E-state index contributed by atoms with van der Waals surface area (Å²) >= 11 is 0. The van der Waals surface area contributed by atoms with Gasteiger partial charge in [0.05, 0.1) is 12.1 Å². The van der Waals surface area contributed by atoms with Crippen molar-refractivity contribution >= 4 is 0 Å². The number of hydrogen-bond acceptors (Lipinski definition) is 2. The van der Waals surface area contributed by atoms with Crippen molar-refractivity contribution in [2.24, 2.45) is 0 Å². The molecule has 0 saturated carbocycles. The van der Waals surface area contributed by atoms with Gasteiger partial charge in [-0.15, -0.1) is 0 Å². The van der Waals surface area contributed by atoms with Crippen molar-refractivity contribution < 1.29 is 5.11 Å². The molecule has 3 rings (SSSR count). The Morgan fingerprint density at radius 2 is 1.86 bits per heavy atom. The van der Waals surface area contributed by atoms with Gasteiger partial charge in [0.25, 0.3) is 0 Å². The van der Waals surface area contributed by atoms with Crippen LogP contribution in [0, 0.1) is 6.92 Å². The number of fused-ring (bicyclic) bond motifs is 1. The van der Waals surface area contributed by atoms with Crippen molar-refractivity contribution in [3.05, 3.63) is 70.8 Å². The second-order valence-electron chi connectivity index (χ2n) is 5.99. The van der Waals surface area contributed by atoms with E-state index >= 15 is 0 Å². The van der Waals surface area contributed by atoms with E-state index in [2.05, 4.69) is 61.6 Å². The van der Waals surface area contributed by atoms with Crippen LogP contribution in [0.2, 0.25) is 0 Å². The van der Waals surface area contributed by atoms with Crippen molar-refractivity contribution in [3.63, 3.8) is 0 Å². The number of hydrogen-bond donors (Lipinski definition) is 2. The molecular formula is C19H23NO. The van der Waals surface area contributed by atoms with Gasteiger partial charge in [0.1, 0.15) is 0 Å². The summed E-state index contributed by atoms with van der Waals surface area (Å²) in [6, 6.07) is 17.3. The number of benzene rings is 2. The number of aryl methyl sites for hydroxylation is 1. The molecule has 0 amide bonds. The topological polar surface area (TPSA) is 32.3 Å². The predicted octanol–water partition coefficient (Wildman–Crippen LogP) is 3.69. The van der Waals surface area contributed by atoms with Gasteiger partial charge in [-0.25, -0.2) is 0 Å². The number of nitrogens with one attached hydrogen (secondary N) is 1. The van der Waals surface area contributed by atoms with Gasteiger partial charge in [-0.3, -0.25) is 0 Å². The Kier molecular flexibility index (Phi) is 4.09. The summed E-state index contributed by atoms with van der Waals surface area (Å²) in [7, 11) is 0. The molecule has 0 radical (unpaired) electrons. The van der Waals surface area contributed by atoms with Crippen molar-refractivity contribution in [3.8, 4) is 0 Å². The zero-order valence-electron chi connectivity index (χ0n) is 12.7. The first kappa shape index (κ1) is 14.3. The molecule has 110 valence electrons. The fraction of sp³-hybridized carbons (Fsp3) is 0.368. The van der Waals surface area contributed by atoms with Crippen LogP contribution in [0.3, 0.4) is 0 Å². The van der Waals surface area contributed by atoms with Crippen LogP contribution >= 0.6 is 0 Å². The monoisotopic (exact) mass is 281 g/mol. The lowest BCUT2D eigenvalue weighted by atomic mass is 10.00. The minimum Gasteiger partial charge on any atom is -0.391 e. The first-order chi connectivity index (χ1) is 10.2. The van der Waals surface area contributed by atoms with Gasteiger partial charge in [-0.1, -0.05) is 61.0 Å². The van der Waals surface area contributed by atoms with E-state index in [0.717, 1.165) is 12.8 Å². The molecular weight excluding hydrogens is 258 g/mol. The molecule has 0 bridgehead atoms. The molecule has 1 aliphatic rings.